The van der Waals surface area contributed by atoms with Gasteiger partial charge in [0.1, 0.15) is 5.82 Å². The second-order valence-electron chi connectivity index (χ2n) is 8.71. The predicted molar refractivity (Wildman–Crippen MR) is 120 cm³/mol. The van der Waals surface area contributed by atoms with Crippen molar-refractivity contribution in [1.29, 1.82) is 5.26 Å². The van der Waals surface area contributed by atoms with Crippen molar-refractivity contribution in [2.45, 2.75) is 44.6 Å². The molecule has 4 rings (SSSR count). The van der Waals surface area contributed by atoms with E-state index in [1.165, 1.54) is 4.90 Å². The zero-order valence-electron chi connectivity index (χ0n) is 19.3. The number of halogens is 6. The number of nitriles is 1. The fourth-order valence-electron chi connectivity index (χ4n) is 4.43. The maximum atomic E-state index is 14.0. The Bertz CT molecular complexity index is 1380. The molecule has 0 radical (unpaired) electrons. The summed E-state index contributed by atoms with van der Waals surface area (Å²) in [6, 6.07) is 8.60. The number of nitrogens with two attached hydrogens (primary N) is 1. The summed E-state index contributed by atoms with van der Waals surface area (Å²) in [6.45, 7) is -0.405. The minimum Gasteiger partial charge on any atom is -0.335 e. The largest absolute Gasteiger partial charge is 0.449 e. The van der Waals surface area contributed by atoms with E-state index in [1.807, 2.05) is 6.07 Å². The van der Waals surface area contributed by atoms with Gasteiger partial charge in [0.2, 0.25) is 11.7 Å². The molecule has 6 nitrogen and oxygen atoms in total. The number of alkyl halides is 3. The van der Waals surface area contributed by atoms with Crippen molar-refractivity contribution in [1.82, 2.24) is 14.5 Å². The van der Waals surface area contributed by atoms with Gasteiger partial charge in [-0.2, -0.15) is 18.4 Å². The Morgan fingerprint density at radius 2 is 1.78 bits per heavy atom. The Hall–Kier alpha value is -3.85. The first kappa shape index (κ1) is 26.2. The van der Waals surface area contributed by atoms with Crippen LogP contribution in [0.2, 0.25) is 0 Å². The molecule has 0 bridgehead atoms. The van der Waals surface area contributed by atoms with Gasteiger partial charge in [-0.1, -0.05) is 24.3 Å². The normalized spacial score (nSPS) is 14.3. The third-order valence-corrected chi connectivity index (χ3v) is 6.16. The molecule has 0 saturated heterocycles. The quantitative estimate of drug-likeness (QED) is 0.386. The number of nitrogens with zero attached hydrogens (tertiary/aromatic N) is 4. The number of carbonyl (C=O) groups is 1. The van der Waals surface area contributed by atoms with Crippen LogP contribution in [0.1, 0.15) is 29.1 Å². The first-order valence-corrected chi connectivity index (χ1v) is 11.3. The molecule has 1 atom stereocenters. The van der Waals surface area contributed by atoms with Crippen LogP contribution in [0, 0.1) is 28.8 Å². The van der Waals surface area contributed by atoms with Crippen molar-refractivity contribution < 1.29 is 31.1 Å². The lowest BCUT2D eigenvalue weighted by Crippen LogP contribution is -2.42. The Kier molecular flexibility index (Phi) is 7.27. The van der Waals surface area contributed by atoms with Crippen LogP contribution < -0.4 is 5.73 Å². The molecule has 3 aromatic rings. The highest BCUT2D eigenvalue weighted by Crippen LogP contribution is 2.37. The summed E-state index contributed by atoms with van der Waals surface area (Å²) < 4.78 is 82.9. The number of hydrogen-bond acceptors (Lipinski definition) is 4. The fraction of sp³-hybridized carbons (Fsp3) is 0.320. The topological polar surface area (TPSA) is 87.9 Å². The Morgan fingerprint density at radius 3 is 2.49 bits per heavy atom. The molecule has 1 aliphatic rings. The lowest BCUT2D eigenvalue weighted by atomic mass is 10.00. The van der Waals surface area contributed by atoms with E-state index >= 15 is 0 Å². The minimum atomic E-state index is -4.74. The molecule has 1 aromatic heterocycles. The van der Waals surface area contributed by atoms with Crippen LogP contribution in [0.4, 0.5) is 26.3 Å². The zero-order valence-corrected chi connectivity index (χ0v) is 19.3. The van der Waals surface area contributed by atoms with Crippen molar-refractivity contribution in [3.05, 3.63) is 76.5 Å². The van der Waals surface area contributed by atoms with Crippen LogP contribution in [-0.2, 0) is 36.9 Å². The number of rotatable bonds is 6. The van der Waals surface area contributed by atoms with Gasteiger partial charge in [0, 0.05) is 37.2 Å². The number of hydrogen-bond donors (Lipinski definition) is 1. The molecule has 1 unspecified atom stereocenters. The molecule has 37 heavy (non-hydrogen) atoms. The van der Waals surface area contributed by atoms with Crippen LogP contribution >= 0.6 is 0 Å². The standard InChI is InChI=1S/C25H21F6N5O/c26-18-12-20(28)19(27)10-15(18)9-16(33)11-22(37)35-7-8-36-21(13-35)23(34-24(36)25(29,30)31)17-4-2-1-3-14(17)5-6-32/h1-4,10,12,16H,5,7-9,11,13,33H2. The van der Waals surface area contributed by atoms with Crippen LogP contribution in [0.5, 0.6) is 0 Å². The van der Waals surface area contributed by atoms with Gasteiger partial charge in [0.25, 0.3) is 0 Å². The molecule has 2 heterocycles. The van der Waals surface area contributed by atoms with E-state index < -0.39 is 41.4 Å². The molecule has 1 aliphatic heterocycles. The van der Waals surface area contributed by atoms with Gasteiger partial charge in [0.15, 0.2) is 11.6 Å². The van der Waals surface area contributed by atoms with Gasteiger partial charge in [-0.15, -0.1) is 0 Å². The van der Waals surface area contributed by atoms with Crippen LogP contribution in [-0.4, -0.2) is 32.9 Å². The summed E-state index contributed by atoms with van der Waals surface area (Å²) in [5.74, 6) is -5.18. The number of imidazole rings is 1. The van der Waals surface area contributed by atoms with Gasteiger partial charge in [-0.05, 0) is 23.6 Å². The highest BCUT2D eigenvalue weighted by Gasteiger charge is 2.41. The lowest BCUT2D eigenvalue weighted by Gasteiger charge is -2.30. The Labute approximate surface area is 207 Å². The van der Waals surface area contributed by atoms with Crippen LogP contribution in [0.15, 0.2) is 36.4 Å². The first-order valence-electron chi connectivity index (χ1n) is 11.3. The zero-order chi connectivity index (χ0) is 26.9. The molecular formula is C25H21F6N5O. The third-order valence-electron chi connectivity index (χ3n) is 6.16. The van der Waals surface area contributed by atoms with Crippen LogP contribution in [0.3, 0.4) is 0 Å². The SMILES string of the molecule is N#CCc1ccccc1-c1nc(C(F)(F)F)n2c1CN(C(=O)CC(N)Cc1cc(F)c(F)cc1F)CC2. The van der Waals surface area contributed by atoms with E-state index in [1.54, 1.807) is 24.3 Å². The van der Waals surface area contributed by atoms with Gasteiger partial charge in [0.05, 0.1) is 30.4 Å². The third kappa shape index (κ3) is 5.46. The van der Waals surface area contributed by atoms with E-state index in [0.29, 0.717) is 23.3 Å². The maximum Gasteiger partial charge on any atom is 0.449 e. The van der Waals surface area contributed by atoms with E-state index in [0.717, 1.165) is 4.57 Å². The molecule has 0 fully saturated rings. The summed E-state index contributed by atoms with van der Waals surface area (Å²) in [5.41, 5.74) is 6.84. The Balaban J connectivity index is 1.59. The lowest BCUT2D eigenvalue weighted by molar-refractivity contribution is -0.148. The average Bonchev–Trinajstić information content (AvgIpc) is 3.22. The number of fused-ring (bicyclic) bond motifs is 1. The fourth-order valence-corrected chi connectivity index (χ4v) is 4.43. The number of carbonyl (C=O) groups excluding carboxylic acids is 1. The molecule has 12 heteroatoms. The summed E-state index contributed by atoms with van der Waals surface area (Å²) >= 11 is 0. The molecule has 1 amide bonds. The summed E-state index contributed by atoms with van der Waals surface area (Å²) in [7, 11) is 0. The first-order chi connectivity index (χ1) is 17.5. The Morgan fingerprint density at radius 1 is 1.08 bits per heavy atom. The van der Waals surface area contributed by atoms with Crippen molar-refractivity contribution >= 4 is 5.91 Å². The predicted octanol–water partition coefficient (Wildman–Crippen LogP) is 4.35. The number of benzene rings is 2. The van der Waals surface area contributed by atoms with Crippen molar-refractivity contribution in [2.24, 2.45) is 5.73 Å². The van der Waals surface area contributed by atoms with Crippen LogP contribution in [0.25, 0.3) is 11.3 Å². The van der Waals surface area contributed by atoms with E-state index in [9.17, 15) is 31.1 Å². The molecular weight excluding hydrogens is 500 g/mol. The van der Waals surface area contributed by atoms with E-state index in [2.05, 4.69) is 4.98 Å². The smallest absolute Gasteiger partial charge is 0.335 e. The summed E-state index contributed by atoms with van der Waals surface area (Å²) in [5, 5.41) is 9.13. The van der Waals surface area contributed by atoms with Crippen molar-refractivity contribution in [2.75, 3.05) is 6.54 Å². The summed E-state index contributed by atoms with van der Waals surface area (Å²) in [4.78, 5) is 18.2. The molecule has 194 valence electrons. The second-order valence-corrected chi connectivity index (χ2v) is 8.71. The highest BCUT2D eigenvalue weighted by molar-refractivity contribution is 5.77. The van der Waals surface area contributed by atoms with Crippen molar-refractivity contribution in [3.63, 3.8) is 0 Å². The number of aromatic nitrogens is 2. The molecule has 0 saturated carbocycles. The van der Waals surface area contributed by atoms with Gasteiger partial charge in [-0.3, -0.25) is 4.79 Å². The number of amides is 1. The monoisotopic (exact) mass is 521 g/mol. The maximum absolute atomic E-state index is 14.0. The van der Waals surface area contributed by atoms with Crippen molar-refractivity contribution in [3.8, 4) is 17.3 Å². The van der Waals surface area contributed by atoms with E-state index in [4.69, 9.17) is 11.0 Å². The molecule has 2 aromatic carbocycles. The highest BCUT2D eigenvalue weighted by atomic mass is 19.4. The molecule has 0 spiro atoms. The van der Waals surface area contributed by atoms with E-state index in [-0.39, 0.29) is 55.8 Å². The van der Waals surface area contributed by atoms with Gasteiger partial charge >= 0.3 is 6.18 Å². The minimum absolute atomic E-state index is 0.0313. The summed E-state index contributed by atoms with van der Waals surface area (Å²) in [6.07, 6.45) is -5.31. The molecule has 2 N–H and O–H groups in total. The van der Waals surface area contributed by atoms with Gasteiger partial charge in [-0.25, -0.2) is 18.2 Å². The van der Waals surface area contributed by atoms with Gasteiger partial charge < -0.3 is 15.2 Å². The second kappa shape index (κ2) is 10.3. The average molecular weight is 521 g/mol. The molecule has 0 aliphatic carbocycles.